The summed E-state index contributed by atoms with van der Waals surface area (Å²) in [7, 11) is 0. The molecular weight excluding hydrogens is 313 g/mol. The quantitative estimate of drug-likeness (QED) is 0.654. The largest absolute Gasteiger partial charge is 0.340 e. The number of H-pyrrole nitrogens is 1. The van der Waals surface area contributed by atoms with Crippen LogP contribution in [0.15, 0.2) is 17.5 Å². The van der Waals surface area contributed by atoms with E-state index in [1.54, 1.807) is 6.07 Å². The van der Waals surface area contributed by atoms with Crippen LogP contribution in [0.1, 0.15) is 35.0 Å². The number of pyridine rings is 1. The molecule has 0 radical (unpaired) electrons. The number of nitrogens with one attached hydrogen (secondary N) is 1. The highest BCUT2D eigenvalue weighted by Crippen LogP contribution is 2.38. The normalized spacial score (nSPS) is 18.4. The fourth-order valence-corrected chi connectivity index (χ4v) is 4.12. The molecule has 1 aliphatic carbocycles. The number of nitrogens with zero attached hydrogens (tertiary/aromatic N) is 2. The number of imidazole rings is 1. The maximum atomic E-state index is 6.01. The Bertz CT molecular complexity index is 754. The second-order valence-corrected chi connectivity index (χ2v) is 6.76. The van der Waals surface area contributed by atoms with Crippen LogP contribution in [0.4, 0.5) is 0 Å². The van der Waals surface area contributed by atoms with Gasteiger partial charge in [0.15, 0.2) is 5.65 Å². The fraction of sp³-hybridized carbons (Fsp3) is 0.286. The maximum Gasteiger partial charge on any atom is 0.179 e. The third-order valence-corrected chi connectivity index (χ3v) is 5.45. The van der Waals surface area contributed by atoms with E-state index in [0.29, 0.717) is 21.7 Å². The van der Waals surface area contributed by atoms with Crippen LogP contribution in [0.25, 0.3) is 11.2 Å². The molecule has 3 aromatic rings. The molecule has 20 heavy (non-hydrogen) atoms. The standard InChI is InChI=1S/C14H11Cl2N3S/c15-9-6-10-14(18-12(9)16)19-13(17-10)8-2-1-3-11-7(8)4-5-20-11/h4-6,8H,1-3H2,(H,17,18,19). The number of aryl methyl sites for hydroxylation is 1. The zero-order chi connectivity index (χ0) is 13.7. The summed E-state index contributed by atoms with van der Waals surface area (Å²) in [6, 6.07) is 4.00. The third kappa shape index (κ3) is 1.94. The Hall–Kier alpha value is -1.10. The Labute approximate surface area is 130 Å². The molecule has 102 valence electrons. The predicted molar refractivity (Wildman–Crippen MR) is 83.0 cm³/mol. The second-order valence-electron chi connectivity index (χ2n) is 5.00. The van der Waals surface area contributed by atoms with Crippen molar-refractivity contribution in [2.45, 2.75) is 25.2 Å². The van der Waals surface area contributed by atoms with E-state index in [1.165, 1.54) is 23.3 Å². The van der Waals surface area contributed by atoms with Crippen molar-refractivity contribution in [3.63, 3.8) is 0 Å². The van der Waals surface area contributed by atoms with E-state index in [4.69, 9.17) is 23.2 Å². The Morgan fingerprint density at radius 1 is 1.30 bits per heavy atom. The molecule has 0 aliphatic heterocycles. The summed E-state index contributed by atoms with van der Waals surface area (Å²) in [5, 5.41) is 2.92. The lowest BCUT2D eigenvalue weighted by Crippen LogP contribution is -2.09. The highest BCUT2D eigenvalue weighted by Gasteiger charge is 2.25. The molecule has 0 bridgehead atoms. The molecule has 1 atom stereocenters. The number of hydrogen-bond donors (Lipinski definition) is 1. The fourth-order valence-electron chi connectivity index (χ4n) is 2.85. The van der Waals surface area contributed by atoms with Gasteiger partial charge in [-0.3, -0.25) is 0 Å². The highest BCUT2D eigenvalue weighted by molar-refractivity contribution is 7.10. The molecule has 0 saturated heterocycles. The number of rotatable bonds is 1. The van der Waals surface area contributed by atoms with Crippen LogP contribution in [-0.2, 0) is 6.42 Å². The van der Waals surface area contributed by atoms with E-state index in [2.05, 4.69) is 26.4 Å². The van der Waals surface area contributed by atoms with Gasteiger partial charge in [0.05, 0.1) is 10.5 Å². The Morgan fingerprint density at radius 2 is 2.20 bits per heavy atom. The summed E-state index contributed by atoms with van der Waals surface area (Å²) in [4.78, 5) is 13.7. The molecule has 6 heteroatoms. The van der Waals surface area contributed by atoms with Gasteiger partial charge in [-0.1, -0.05) is 23.2 Å². The van der Waals surface area contributed by atoms with Gasteiger partial charge in [0, 0.05) is 10.8 Å². The van der Waals surface area contributed by atoms with Crippen LogP contribution in [0, 0.1) is 0 Å². The van der Waals surface area contributed by atoms with E-state index in [1.807, 2.05) is 11.3 Å². The summed E-state index contributed by atoms with van der Waals surface area (Å²) in [5.41, 5.74) is 2.88. The van der Waals surface area contributed by atoms with Gasteiger partial charge < -0.3 is 4.98 Å². The minimum atomic E-state index is 0.303. The molecule has 1 unspecified atom stereocenters. The van der Waals surface area contributed by atoms with Crippen molar-refractivity contribution in [1.82, 2.24) is 15.0 Å². The molecule has 1 aliphatic rings. The maximum absolute atomic E-state index is 6.01. The van der Waals surface area contributed by atoms with E-state index in [-0.39, 0.29) is 0 Å². The molecule has 0 aromatic carbocycles. The van der Waals surface area contributed by atoms with Crippen molar-refractivity contribution in [3.8, 4) is 0 Å². The molecule has 0 saturated carbocycles. The monoisotopic (exact) mass is 323 g/mol. The minimum absolute atomic E-state index is 0.303. The van der Waals surface area contributed by atoms with Gasteiger partial charge in [-0.2, -0.15) is 0 Å². The summed E-state index contributed by atoms with van der Waals surface area (Å²) >= 11 is 13.8. The van der Waals surface area contributed by atoms with Crippen molar-refractivity contribution in [2.24, 2.45) is 0 Å². The van der Waals surface area contributed by atoms with Crippen molar-refractivity contribution in [1.29, 1.82) is 0 Å². The molecule has 3 nitrogen and oxygen atoms in total. The van der Waals surface area contributed by atoms with E-state index in [0.717, 1.165) is 17.8 Å². The molecule has 4 rings (SSSR count). The van der Waals surface area contributed by atoms with Crippen LogP contribution in [0.5, 0.6) is 0 Å². The first-order valence-corrected chi connectivity index (χ1v) is 8.14. The number of halogens is 2. The van der Waals surface area contributed by atoms with Crippen molar-refractivity contribution in [3.05, 3.63) is 44.0 Å². The lowest BCUT2D eigenvalue weighted by Gasteiger charge is -2.20. The van der Waals surface area contributed by atoms with E-state index >= 15 is 0 Å². The molecule has 0 amide bonds. The topological polar surface area (TPSA) is 41.6 Å². The van der Waals surface area contributed by atoms with Gasteiger partial charge >= 0.3 is 0 Å². The first kappa shape index (κ1) is 12.6. The highest BCUT2D eigenvalue weighted by atomic mass is 35.5. The molecule has 3 heterocycles. The summed E-state index contributed by atoms with van der Waals surface area (Å²) < 4.78 is 0. The number of thiophene rings is 1. The molecule has 3 aromatic heterocycles. The Balaban J connectivity index is 1.84. The predicted octanol–water partition coefficient (Wildman–Crippen LogP) is 4.79. The first-order chi connectivity index (χ1) is 9.72. The smallest absolute Gasteiger partial charge is 0.179 e. The minimum Gasteiger partial charge on any atom is -0.340 e. The number of fused-ring (bicyclic) bond motifs is 2. The lowest BCUT2D eigenvalue weighted by molar-refractivity contribution is 0.604. The number of aromatic amines is 1. The molecule has 0 fully saturated rings. The van der Waals surface area contributed by atoms with Crippen LogP contribution < -0.4 is 0 Å². The van der Waals surface area contributed by atoms with Crippen LogP contribution >= 0.6 is 34.5 Å². The summed E-state index contributed by atoms with van der Waals surface area (Å²) in [5.74, 6) is 1.29. The van der Waals surface area contributed by atoms with E-state index in [9.17, 15) is 0 Å². The SMILES string of the molecule is Clc1cc2[nH]c(C3CCCc4sccc43)nc2nc1Cl. The number of hydrogen-bond acceptors (Lipinski definition) is 3. The molecule has 0 spiro atoms. The molecular formula is C14H11Cl2N3S. The van der Waals surface area contributed by atoms with Gasteiger partial charge in [0.1, 0.15) is 11.0 Å². The average Bonchev–Trinajstić information content (AvgIpc) is 3.05. The average molecular weight is 324 g/mol. The van der Waals surface area contributed by atoms with Crippen LogP contribution in [-0.4, -0.2) is 15.0 Å². The van der Waals surface area contributed by atoms with Crippen LogP contribution in [0.3, 0.4) is 0 Å². The Morgan fingerprint density at radius 3 is 3.10 bits per heavy atom. The van der Waals surface area contributed by atoms with Crippen molar-refractivity contribution in [2.75, 3.05) is 0 Å². The van der Waals surface area contributed by atoms with Crippen molar-refractivity contribution < 1.29 is 0 Å². The lowest BCUT2D eigenvalue weighted by atomic mass is 9.87. The van der Waals surface area contributed by atoms with Crippen molar-refractivity contribution >= 4 is 45.7 Å². The summed E-state index contributed by atoms with van der Waals surface area (Å²) in [6.45, 7) is 0. The zero-order valence-corrected chi connectivity index (χ0v) is 12.8. The van der Waals surface area contributed by atoms with Gasteiger partial charge in [0.25, 0.3) is 0 Å². The van der Waals surface area contributed by atoms with Gasteiger partial charge in [-0.25, -0.2) is 9.97 Å². The van der Waals surface area contributed by atoms with E-state index < -0.39 is 0 Å². The van der Waals surface area contributed by atoms with Gasteiger partial charge in [-0.05, 0) is 42.3 Å². The van der Waals surface area contributed by atoms with Gasteiger partial charge in [-0.15, -0.1) is 11.3 Å². The summed E-state index contributed by atoms with van der Waals surface area (Å²) in [6.07, 6.45) is 3.49. The van der Waals surface area contributed by atoms with Gasteiger partial charge in [0.2, 0.25) is 0 Å². The third-order valence-electron chi connectivity index (χ3n) is 3.78. The molecule has 1 N–H and O–H groups in total. The zero-order valence-electron chi connectivity index (χ0n) is 10.5. The Kier molecular flexibility index (Phi) is 2.98. The first-order valence-electron chi connectivity index (χ1n) is 6.50. The second kappa shape index (κ2) is 4.72. The van der Waals surface area contributed by atoms with Crippen LogP contribution in [0.2, 0.25) is 10.2 Å². The number of aromatic nitrogens is 3.